The van der Waals surface area contributed by atoms with Crippen LogP contribution in [0.15, 0.2) is 24.3 Å². The fraction of sp³-hybridized carbons (Fsp3) is 0.250. The van der Waals surface area contributed by atoms with Gasteiger partial charge < -0.3 is 15.8 Å². The summed E-state index contributed by atoms with van der Waals surface area (Å²) in [6.07, 6.45) is 0.862. The van der Waals surface area contributed by atoms with E-state index < -0.39 is 0 Å². The summed E-state index contributed by atoms with van der Waals surface area (Å²) in [5.74, 6) is 0.443. The van der Waals surface area contributed by atoms with E-state index in [0.29, 0.717) is 5.95 Å². The largest absolute Gasteiger partial charge is 0.392 e. The van der Waals surface area contributed by atoms with Gasteiger partial charge in [0.2, 0.25) is 0 Å². The third-order valence-electron chi connectivity index (χ3n) is 2.56. The molecule has 4 N–H and O–H groups in total. The Morgan fingerprint density at radius 1 is 1.31 bits per heavy atom. The van der Waals surface area contributed by atoms with Crippen LogP contribution in [-0.4, -0.2) is 15.1 Å². The Morgan fingerprint density at radius 3 is 2.56 bits per heavy atom. The van der Waals surface area contributed by atoms with Crippen molar-refractivity contribution < 1.29 is 5.11 Å². The highest BCUT2D eigenvalue weighted by Crippen LogP contribution is 2.23. The average Bonchev–Trinajstić information content (AvgIpc) is 2.70. The van der Waals surface area contributed by atoms with Crippen molar-refractivity contribution in [3.8, 4) is 11.3 Å². The van der Waals surface area contributed by atoms with E-state index in [4.69, 9.17) is 10.8 Å². The molecule has 0 amide bonds. The van der Waals surface area contributed by atoms with Gasteiger partial charge >= 0.3 is 0 Å². The van der Waals surface area contributed by atoms with Crippen LogP contribution in [0.2, 0.25) is 0 Å². The van der Waals surface area contributed by atoms with Crippen LogP contribution in [0.4, 0.5) is 5.95 Å². The van der Waals surface area contributed by atoms with Crippen LogP contribution in [0.1, 0.15) is 18.2 Å². The summed E-state index contributed by atoms with van der Waals surface area (Å²) < 4.78 is 0. The molecular weight excluding hydrogens is 202 g/mol. The number of nitrogen functional groups attached to an aromatic ring is 1. The molecule has 2 aromatic rings. The van der Waals surface area contributed by atoms with Gasteiger partial charge in [-0.05, 0) is 12.0 Å². The number of imidazole rings is 1. The molecular formula is C12H15N3O. The van der Waals surface area contributed by atoms with Gasteiger partial charge in [-0.25, -0.2) is 4.98 Å². The van der Waals surface area contributed by atoms with E-state index in [0.717, 1.165) is 28.9 Å². The number of aromatic nitrogens is 2. The lowest BCUT2D eigenvalue weighted by Crippen LogP contribution is -1.87. The minimum absolute atomic E-state index is 0.0591. The molecule has 0 saturated heterocycles. The molecule has 0 fully saturated rings. The molecule has 1 aromatic carbocycles. The van der Waals surface area contributed by atoms with Crippen molar-refractivity contribution in [1.29, 1.82) is 0 Å². The topological polar surface area (TPSA) is 74.9 Å². The number of nitrogens with zero attached hydrogens (tertiary/aromatic N) is 1. The number of benzene rings is 1. The van der Waals surface area contributed by atoms with Crippen molar-refractivity contribution >= 4 is 5.95 Å². The van der Waals surface area contributed by atoms with Crippen LogP contribution in [0.3, 0.4) is 0 Å². The number of nitrogens with two attached hydrogens (primary N) is 1. The number of hydrogen-bond acceptors (Lipinski definition) is 3. The van der Waals surface area contributed by atoms with Gasteiger partial charge in [0.1, 0.15) is 0 Å². The van der Waals surface area contributed by atoms with Gasteiger partial charge in [0.15, 0.2) is 5.95 Å². The summed E-state index contributed by atoms with van der Waals surface area (Å²) in [4.78, 5) is 7.31. The normalized spacial score (nSPS) is 10.6. The van der Waals surface area contributed by atoms with Crippen molar-refractivity contribution in [2.24, 2.45) is 0 Å². The first kappa shape index (κ1) is 10.7. The lowest BCUT2D eigenvalue weighted by molar-refractivity contribution is 0.282. The molecule has 0 spiro atoms. The zero-order chi connectivity index (χ0) is 11.5. The number of aliphatic hydroxyl groups excluding tert-OH is 1. The Kier molecular flexibility index (Phi) is 2.92. The van der Waals surface area contributed by atoms with Crippen molar-refractivity contribution in [1.82, 2.24) is 9.97 Å². The number of aliphatic hydroxyl groups is 1. The smallest absolute Gasteiger partial charge is 0.198 e. The van der Waals surface area contributed by atoms with Crippen molar-refractivity contribution in [2.45, 2.75) is 20.0 Å². The van der Waals surface area contributed by atoms with Gasteiger partial charge in [0.25, 0.3) is 0 Å². The third kappa shape index (κ3) is 1.92. The summed E-state index contributed by atoms with van der Waals surface area (Å²) >= 11 is 0. The Morgan fingerprint density at radius 2 is 2.00 bits per heavy atom. The van der Waals surface area contributed by atoms with E-state index >= 15 is 0 Å². The summed E-state index contributed by atoms with van der Waals surface area (Å²) in [6.45, 7) is 2.11. The maximum atomic E-state index is 8.96. The first-order valence-electron chi connectivity index (χ1n) is 5.29. The van der Waals surface area contributed by atoms with Crippen LogP contribution in [0.25, 0.3) is 11.3 Å². The van der Waals surface area contributed by atoms with Crippen molar-refractivity contribution in [3.63, 3.8) is 0 Å². The van der Waals surface area contributed by atoms with Crippen LogP contribution in [-0.2, 0) is 13.0 Å². The SMILES string of the molecule is CCc1[nH]c(N)nc1-c1ccc(CO)cc1. The third-order valence-corrected chi connectivity index (χ3v) is 2.56. The quantitative estimate of drug-likeness (QED) is 0.732. The van der Waals surface area contributed by atoms with E-state index in [1.165, 1.54) is 0 Å². The number of nitrogens with one attached hydrogen (secondary N) is 1. The van der Waals surface area contributed by atoms with Gasteiger partial charge in [-0.3, -0.25) is 0 Å². The number of aromatic amines is 1. The summed E-state index contributed by atoms with van der Waals surface area (Å²) in [5, 5.41) is 8.96. The molecule has 0 aliphatic heterocycles. The number of H-pyrrole nitrogens is 1. The molecule has 0 unspecified atom stereocenters. The molecule has 0 bridgehead atoms. The first-order valence-corrected chi connectivity index (χ1v) is 5.29. The highest BCUT2D eigenvalue weighted by atomic mass is 16.3. The van der Waals surface area contributed by atoms with E-state index in [1.54, 1.807) is 0 Å². The second-order valence-electron chi connectivity index (χ2n) is 3.66. The fourth-order valence-electron chi connectivity index (χ4n) is 1.69. The highest BCUT2D eigenvalue weighted by Gasteiger charge is 2.08. The Labute approximate surface area is 94.1 Å². The van der Waals surface area contributed by atoms with E-state index in [1.807, 2.05) is 24.3 Å². The van der Waals surface area contributed by atoms with Crippen LogP contribution in [0, 0.1) is 0 Å². The molecule has 16 heavy (non-hydrogen) atoms. The average molecular weight is 217 g/mol. The molecule has 4 heteroatoms. The zero-order valence-corrected chi connectivity index (χ0v) is 9.20. The minimum Gasteiger partial charge on any atom is -0.392 e. The number of hydrogen-bond donors (Lipinski definition) is 3. The standard InChI is InChI=1S/C12H15N3O/c1-2-10-11(15-12(13)14-10)9-5-3-8(7-16)4-6-9/h3-6,16H,2,7H2,1H3,(H3,13,14,15). The van der Waals surface area contributed by atoms with E-state index in [-0.39, 0.29) is 6.61 Å². The molecule has 0 atom stereocenters. The Balaban J connectivity index is 2.41. The van der Waals surface area contributed by atoms with Crippen molar-refractivity contribution in [2.75, 3.05) is 5.73 Å². The minimum atomic E-state index is 0.0591. The van der Waals surface area contributed by atoms with Gasteiger partial charge in [0.05, 0.1) is 12.3 Å². The molecule has 0 aliphatic carbocycles. The molecule has 84 valence electrons. The monoisotopic (exact) mass is 217 g/mol. The second kappa shape index (κ2) is 4.37. The predicted molar refractivity (Wildman–Crippen MR) is 63.7 cm³/mol. The van der Waals surface area contributed by atoms with Crippen LogP contribution < -0.4 is 5.73 Å². The van der Waals surface area contributed by atoms with E-state index in [9.17, 15) is 0 Å². The maximum Gasteiger partial charge on any atom is 0.198 e. The van der Waals surface area contributed by atoms with Gasteiger partial charge in [0, 0.05) is 11.3 Å². The van der Waals surface area contributed by atoms with Gasteiger partial charge in [-0.1, -0.05) is 31.2 Å². The van der Waals surface area contributed by atoms with Crippen LogP contribution in [0.5, 0.6) is 0 Å². The van der Waals surface area contributed by atoms with Gasteiger partial charge in [-0.2, -0.15) is 0 Å². The highest BCUT2D eigenvalue weighted by molar-refractivity contribution is 5.64. The lowest BCUT2D eigenvalue weighted by atomic mass is 10.1. The molecule has 4 nitrogen and oxygen atoms in total. The fourth-order valence-corrected chi connectivity index (χ4v) is 1.69. The summed E-state index contributed by atoms with van der Waals surface area (Å²) in [6, 6.07) is 7.67. The first-order chi connectivity index (χ1) is 7.74. The number of anilines is 1. The molecule has 1 aromatic heterocycles. The molecule has 2 rings (SSSR count). The molecule has 0 saturated carbocycles. The van der Waals surface area contributed by atoms with Gasteiger partial charge in [-0.15, -0.1) is 0 Å². The van der Waals surface area contributed by atoms with Crippen molar-refractivity contribution in [3.05, 3.63) is 35.5 Å². The maximum absolute atomic E-state index is 8.96. The summed E-state index contributed by atoms with van der Waals surface area (Å²) in [5.41, 5.74) is 9.48. The molecule has 1 heterocycles. The Bertz CT molecular complexity index is 474. The zero-order valence-electron chi connectivity index (χ0n) is 9.20. The number of rotatable bonds is 3. The molecule has 0 radical (unpaired) electrons. The second-order valence-corrected chi connectivity index (χ2v) is 3.66. The van der Waals surface area contributed by atoms with E-state index in [2.05, 4.69) is 16.9 Å². The Hall–Kier alpha value is -1.81. The predicted octanol–water partition coefficient (Wildman–Crippen LogP) is 1.71. The lowest BCUT2D eigenvalue weighted by Gasteiger charge is -2.01. The van der Waals surface area contributed by atoms with Crippen LogP contribution >= 0.6 is 0 Å². The number of aryl methyl sites for hydroxylation is 1. The molecule has 0 aliphatic rings. The summed E-state index contributed by atoms with van der Waals surface area (Å²) in [7, 11) is 0.